The highest BCUT2D eigenvalue weighted by Gasteiger charge is 2.29. The van der Waals surface area contributed by atoms with Gasteiger partial charge >= 0.3 is 0 Å². The van der Waals surface area contributed by atoms with Crippen LogP contribution < -0.4 is 0 Å². The van der Waals surface area contributed by atoms with E-state index in [4.69, 9.17) is 4.74 Å². The average Bonchev–Trinajstić information content (AvgIpc) is 3.28. The smallest absolute Gasteiger partial charge is 0.263 e. The Morgan fingerprint density at radius 1 is 1.26 bits per heavy atom. The molecule has 2 aliphatic heterocycles. The number of thiophene rings is 1. The quantitative estimate of drug-likeness (QED) is 0.801. The molecule has 0 radical (unpaired) electrons. The third kappa shape index (κ3) is 4.07. The number of hydrogen-bond acceptors (Lipinski definition) is 6. The fraction of sp³-hybridized carbons (Fsp3) is 0.632. The van der Waals surface area contributed by atoms with Gasteiger partial charge < -0.3 is 14.2 Å². The molecule has 2 fully saturated rings. The molecule has 146 valence electrons. The maximum Gasteiger partial charge on any atom is 0.263 e. The summed E-state index contributed by atoms with van der Waals surface area (Å²) in [5.74, 6) is 2.38. The first-order chi connectivity index (χ1) is 13.1. The van der Waals surface area contributed by atoms with Crippen molar-refractivity contribution in [1.29, 1.82) is 0 Å². The Kier molecular flexibility index (Phi) is 5.56. The van der Waals surface area contributed by atoms with E-state index in [-0.39, 0.29) is 11.8 Å². The molecule has 0 spiro atoms. The highest BCUT2D eigenvalue weighted by atomic mass is 32.1. The lowest BCUT2D eigenvalue weighted by molar-refractivity contribution is 0.0326. The van der Waals surface area contributed by atoms with Crippen molar-refractivity contribution < 1.29 is 9.53 Å². The first-order valence-corrected chi connectivity index (χ1v) is 10.5. The average molecular weight is 390 g/mol. The van der Waals surface area contributed by atoms with Crippen LogP contribution in [-0.2, 0) is 18.3 Å². The zero-order chi connectivity index (χ0) is 18.8. The zero-order valence-electron chi connectivity index (χ0n) is 16.1. The van der Waals surface area contributed by atoms with Crippen LogP contribution >= 0.6 is 11.3 Å². The summed E-state index contributed by atoms with van der Waals surface area (Å²) in [4.78, 5) is 19.2. The summed E-state index contributed by atoms with van der Waals surface area (Å²) in [5.41, 5.74) is 0. The number of likely N-dealkylation sites (tertiary alicyclic amines) is 1. The van der Waals surface area contributed by atoms with Gasteiger partial charge in [-0.3, -0.25) is 9.69 Å². The van der Waals surface area contributed by atoms with Gasteiger partial charge in [-0.15, -0.1) is 21.5 Å². The van der Waals surface area contributed by atoms with Gasteiger partial charge in [-0.25, -0.2) is 0 Å². The third-order valence-electron chi connectivity index (χ3n) is 5.49. The molecule has 7 nitrogen and oxygen atoms in total. The summed E-state index contributed by atoms with van der Waals surface area (Å²) in [6, 6.07) is 3.95. The highest BCUT2D eigenvalue weighted by molar-refractivity contribution is 7.13. The van der Waals surface area contributed by atoms with Crippen LogP contribution in [0.25, 0.3) is 0 Å². The maximum absolute atomic E-state index is 12.8. The van der Waals surface area contributed by atoms with E-state index in [1.807, 2.05) is 24.0 Å². The molecule has 0 aromatic carbocycles. The Balaban J connectivity index is 1.44. The first-order valence-electron chi connectivity index (χ1n) is 9.66. The summed E-state index contributed by atoms with van der Waals surface area (Å²) in [6.45, 7) is 7.83. The Bertz CT molecular complexity index is 796. The minimum Gasteiger partial charge on any atom is -0.379 e. The van der Waals surface area contributed by atoms with Crippen LogP contribution in [0.2, 0.25) is 0 Å². The summed E-state index contributed by atoms with van der Waals surface area (Å²) in [6.07, 6.45) is 2.06. The molecule has 0 saturated carbocycles. The molecule has 0 aliphatic carbocycles. The number of aromatic nitrogens is 3. The number of piperidine rings is 1. The Labute approximate surface area is 163 Å². The Morgan fingerprint density at radius 3 is 2.81 bits per heavy atom. The van der Waals surface area contributed by atoms with Gasteiger partial charge in [0.05, 0.1) is 24.6 Å². The van der Waals surface area contributed by atoms with Gasteiger partial charge in [0.15, 0.2) is 0 Å². The van der Waals surface area contributed by atoms with Gasteiger partial charge in [0.1, 0.15) is 11.6 Å². The van der Waals surface area contributed by atoms with E-state index in [1.165, 1.54) is 4.88 Å². The normalized spacial score (nSPS) is 21.6. The molecule has 4 heterocycles. The van der Waals surface area contributed by atoms with Crippen LogP contribution in [-0.4, -0.2) is 69.9 Å². The van der Waals surface area contributed by atoms with E-state index in [1.54, 1.807) is 11.3 Å². The van der Waals surface area contributed by atoms with Crippen LogP contribution in [0.3, 0.4) is 0 Å². The van der Waals surface area contributed by atoms with E-state index in [2.05, 4.69) is 26.7 Å². The summed E-state index contributed by atoms with van der Waals surface area (Å²) in [7, 11) is 2.05. The number of ether oxygens (including phenoxy) is 1. The van der Waals surface area contributed by atoms with Crippen molar-refractivity contribution >= 4 is 17.2 Å². The first kappa shape index (κ1) is 18.6. The van der Waals surface area contributed by atoms with Crippen molar-refractivity contribution in [3.05, 3.63) is 33.5 Å². The number of rotatable bonds is 4. The lowest BCUT2D eigenvalue weighted by atomic mass is 9.97. The molecule has 1 unspecified atom stereocenters. The molecule has 8 heteroatoms. The number of carbonyl (C=O) groups excluding carboxylic acids is 1. The van der Waals surface area contributed by atoms with Gasteiger partial charge in [0.25, 0.3) is 5.91 Å². The van der Waals surface area contributed by atoms with Crippen molar-refractivity contribution in [1.82, 2.24) is 24.6 Å². The number of aryl methyl sites for hydroxylation is 1. The molecule has 1 atom stereocenters. The Hall–Kier alpha value is -1.77. The molecule has 0 bridgehead atoms. The van der Waals surface area contributed by atoms with Crippen molar-refractivity contribution in [3.8, 4) is 0 Å². The topological polar surface area (TPSA) is 63.5 Å². The van der Waals surface area contributed by atoms with Crippen LogP contribution in [0.1, 0.15) is 45.0 Å². The molecule has 1 amide bonds. The summed E-state index contributed by atoms with van der Waals surface area (Å²) < 4.78 is 7.55. The molecular weight excluding hydrogens is 362 g/mol. The zero-order valence-corrected chi connectivity index (χ0v) is 16.9. The van der Waals surface area contributed by atoms with Crippen molar-refractivity contribution in [3.63, 3.8) is 0 Å². The van der Waals surface area contributed by atoms with Crippen LogP contribution in [0.15, 0.2) is 12.1 Å². The molecule has 4 rings (SSSR count). The second-order valence-electron chi connectivity index (χ2n) is 7.42. The predicted molar refractivity (Wildman–Crippen MR) is 104 cm³/mol. The molecule has 0 N–H and O–H groups in total. The molecule has 2 aromatic heterocycles. The molecule has 2 aromatic rings. The highest BCUT2D eigenvalue weighted by Crippen LogP contribution is 2.28. The van der Waals surface area contributed by atoms with E-state index in [9.17, 15) is 4.79 Å². The third-order valence-corrected chi connectivity index (χ3v) is 6.48. The summed E-state index contributed by atoms with van der Waals surface area (Å²) in [5, 5.41) is 8.94. The number of hydrogen-bond donors (Lipinski definition) is 0. The SMILES string of the molecule is Cc1ccc(C(=O)N2CCCC(c3nnc(CN4CCOCC4)n3C)C2)s1. The van der Waals surface area contributed by atoms with Gasteiger partial charge in [-0.05, 0) is 31.9 Å². The lowest BCUT2D eigenvalue weighted by Gasteiger charge is -2.32. The van der Waals surface area contributed by atoms with Crippen molar-refractivity contribution in [2.45, 2.75) is 32.2 Å². The van der Waals surface area contributed by atoms with Gasteiger partial charge in [-0.2, -0.15) is 0 Å². The largest absolute Gasteiger partial charge is 0.379 e. The number of amides is 1. The molecule has 27 heavy (non-hydrogen) atoms. The minimum atomic E-state index is 0.147. The van der Waals surface area contributed by atoms with Crippen LogP contribution in [0.4, 0.5) is 0 Å². The molecule has 2 saturated heterocycles. The fourth-order valence-electron chi connectivity index (χ4n) is 3.91. The van der Waals surface area contributed by atoms with E-state index in [0.29, 0.717) is 0 Å². The number of nitrogens with zero attached hydrogens (tertiary/aromatic N) is 5. The molecular formula is C19H27N5O2S. The lowest BCUT2D eigenvalue weighted by Crippen LogP contribution is -2.39. The molecule has 2 aliphatic rings. The number of morpholine rings is 1. The second-order valence-corrected chi connectivity index (χ2v) is 8.71. The van der Waals surface area contributed by atoms with Crippen molar-refractivity contribution in [2.24, 2.45) is 7.05 Å². The monoisotopic (exact) mass is 389 g/mol. The van der Waals surface area contributed by atoms with Crippen LogP contribution in [0, 0.1) is 6.92 Å². The van der Waals surface area contributed by atoms with E-state index < -0.39 is 0 Å². The predicted octanol–water partition coefficient (Wildman–Crippen LogP) is 2.04. The van der Waals surface area contributed by atoms with Gasteiger partial charge in [0, 0.05) is 44.0 Å². The fourth-order valence-corrected chi connectivity index (χ4v) is 4.74. The minimum absolute atomic E-state index is 0.147. The summed E-state index contributed by atoms with van der Waals surface area (Å²) >= 11 is 1.57. The van der Waals surface area contributed by atoms with Gasteiger partial charge in [-0.1, -0.05) is 0 Å². The second kappa shape index (κ2) is 8.08. The van der Waals surface area contributed by atoms with Gasteiger partial charge in [0.2, 0.25) is 0 Å². The van der Waals surface area contributed by atoms with Crippen LogP contribution in [0.5, 0.6) is 0 Å². The van der Waals surface area contributed by atoms with Crippen molar-refractivity contribution in [2.75, 3.05) is 39.4 Å². The number of carbonyl (C=O) groups is 1. The maximum atomic E-state index is 12.8. The Morgan fingerprint density at radius 2 is 2.07 bits per heavy atom. The van der Waals surface area contributed by atoms with E-state index >= 15 is 0 Å². The van der Waals surface area contributed by atoms with E-state index in [0.717, 1.165) is 75.3 Å². The standard InChI is InChI=1S/C19H27N5O2S/c1-14-5-6-16(27-14)19(25)24-7-3-4-15(12-24)18-21-20-17(22(18)2)13-23-8-10-26-11-9-23/h5-6,15H,3-4,7-13H2,1-2H3.